The molecule has 33 heavy (non-hydrogen) atoms. The molecular formula is C23H30FN5O4. The molecule has 1 aliphatic heterocycles. The number of fused-ring (bicyclic) bond motifs is 1. The first-order chi connectivity index (χ1) is 15.9. The van der Waals surface area contributed by atoms with E-state index in [0.717, 1.165) is 25.7 Å². The van der Waals surface area contributed by atoms with Gasteiger partial charge >= 0.3 is 12.0 Å². The summed E-state index contributed by atoms with van der Waals surface area (Å²) < 4.78 is 26.6. The Hall–Kier alpha value is -2.77. The summed E-state index contributed by atoms with van der Waals surface area (Å²) in [5.41, 5.74) is 4.53. The van der Waals surface area contributed by atoms with Gasteiger partial charge in [-0.2, -0.15) is 14.4 Å². The van der Waals surface area contributed by atoms with Crippen molar-refractivity contribution >= 4 is 23.0 Å². The van der Waals surface area contributed by atoms with Crippen LogP contribution >= 0.6 is 0 Å². The zero-order valence-electron chi connectivity index (χ0n) is 18.7. The summed E-state index contributed by atoms with van der Waals surface area (Å²) in [5, 5.41) is 10.7. The van der Waals surface area contributed by atoms with Crippen LogP contribution in [0.3, 0.4) is 0 Å². The topological polar surface area (TPSA) is 125 Å². The van der Waals surface area contributed by atoms with Crippen molar-refractivity contribution in [2.24, 2.45) is 11.8 Å². The average molecular weight is 460 g/mol. The van der Waals surface area contributed by atoms with Crippen LogP contribution in [0, 0.1) is 30.3 Å². The fraction of sp³-hybridized carbons (Fsp3) is 0.652. The number of aliphatic hydroxyl groups is 1. The van der Waals surface area contributed by atoms with Crippen LogP contribution in [-0.2, 0) is 14.3 Å². The number of imidazole rings is 1. The number of nitrogen functional groups attached to an aromatic ring is 1. The minimum Gasteiger partial charge on any atom is -0.461 e. The van der Waals surface area contributed by atoms with Crippen molar-refractivity contribution in [3.8, 4) is 12.3 Å². The Kier molecular flexibility index (Phi) is 6.81. The van der Waals surface area contributed by atoms with Crippen molar-refractivity contribution in [3.05, 3.63) is 12.4 Å². The van der Waals surface area contributed by atoms with E-state index in [1.807, 2.05) is 0 Å². The minimum atomic E-state index is -1.52. The molecule has 1 saturated heterocycles. The second-order valence-electron chi connectivity index (χ2n) is 9.03. The van der Waals surface area contributed by atoms with Gasteiger partial charge in [0.05, 0.1) is 12.2 Å². The number of hydrogen-bond acceptors (Lipinski definition) is 8. The van der Waals surface area contributed by atoms with Crippen molar-refractivity contribution in [2.75, 3.05) is 12.3 Å². The van der Waals surface area contributed by atoms with E-state index in [0.29, 0.717) is 5.92 Å². The Morgan fingerprint density at radius 1 is 1.42 bits per heavy atom. The van der Waals surface area contributed by atoms with Gasteiger partial charge < -0.3 is 20.3 Å². The number of rotatable bonds is 7. The van der Waals surface area contributed by atoms with E-state index >= 15 is 0 Å². The molecule has 3 atom stereocenters. The van der Waals surface area contributed by atoms with E-state index in [4.69, 9.17) is 21.6 Å². The Morgan fingerprint density at radius 2 is 2.18 bits per heavy atom. The molecular weight excluding hydrogens is 429 g/mol. The highest BCUT2D eigenvalue weighted by Gasteiger charge is 2.49. The van der Waals surface area contributed by atoms with Crippen LogP contribution in [0.1, 0.15) is 64.5 Å². The molecule has 2 fully saturated rings. The van der Waals surface area contributed by atoms with Gasteiger partial charge in [0, 0.05) is 6.42 Å². The van der Waals surface area contributed by atoms with E-state index in [1.165, 1.54) is 30.2 Å². The van der Waals surface area contributed by atoms with Crippen LogP contribution in [0.25, 0.3) is 11.2 Å². The molecule has 1 aliphatic carbocycles. The zero-order valence-corrected chi connectivity index (χ0v) is 18.7. The third-order valence-corrected chi connectivity index (χ3v) is 6.86. The standard InChI is InChI=1S/C23H30FN5O4/c1-3-5-6-14-7-9-15(10-8-14)21(31)32-12-23(4-2)16(30)11-17(33-23)29-13-26-18-19(25)27-22(24)28-20(18)29/h2,13-17,30H,3,5-12H2,1H3,(H2,25,27,28)/t14?,15?,16-,17+,23+/m0/s1. The van der Waals surface area contributed by atoms with Crippen molar-refractivity contribution in [2.45, 2.75) is 76.2 Å². The van der Waals surface area contributed by atoms with Crippen LogP contribution in [0.15, 0.2) is 6.33 Å². The molecule has 10 heteroatoms. The number of esters is 1. The van der Waals surface area contributed by atoms with Crippen LogP contribution in [0.5, 0.6) is 0 Å². The maximum absolute atomic E-state index is 13.7. The van der Waals surface area contributed by atoms with Gasteiger partial charge in [-0.3, -0.25) is 9.36 Å². The maximum atomic E-state index is 13.7. The number of hydrogen-bond donors (Lipinski definition) is 2. The van der Waals surface area contributed by atoms with Gasteiger partial charge in [0.1, 0.15) is 18.9 Å². The first-order valence-electron chi connectivity index (χ1n) is 11.5. The number of anilines is 1. The first kappa shape index (κ1) is 23.4. The molecule has 0 radical (unpaired) electrons. The lowest BCUT2D eigenvalue weighted by molar-refractivity contribution is -0.162. The molecule has 0 unspecified atom stereocenters. The van der Waals surface area contributed by atoms with E-state index in [1.54, 1.807) is 0 Å². The fourth-order valence-corrected chi connectivity index (χ4v) is 4.82. The number of aliphatic hydroxyl groups excluding tert-OH is 1. The lowest BCUT2D eigenvalue weighted by atomic mass is 9.80. The molecule has 2 aromatic rings. The molecule has 2 aliphatic rings. The van der Waals surface area contributed by atoms with Crippen LogP contribution in [-0.4, -0.2) is 48.9 Å². The van der Waals surface area contributed by atoms with E-state index in [9.17, 15) is 14.3 Å². The Labute approximate surface area is 191 Å². The minimum absolute atomic E-state index is 0.0846. The van der Waals surface area contributed by atoms with Gasteiger partial charge in [-0.05, 0) is 31.6 Å². The molecule has 0 amide bonds. The van der Waals surface area contributed by atoms with E-state index in [-0.39, 0.29) is 41.9 Å². The van der Waals surface area contributed by atoms with Gasteiger partial charge in [-0.25, -0.2) is 4.98 Å². The molecule has 3 heterocycles. The van der Waals surface area contributed by atoms with Gasteiger partial charge in [-0.15, -0.1) is 6.42 Å². The van der Waals surface area contributed by atoms with Gasteiger partial charge in [0.25, 0.3) is 0 Å². The number of carbonyl (C=O) groups is 1. The molecule has 0 bridgehead atoms. The van der Waals surface area contributed by atoms with Crippen LogP contribution in [0.4, 0.5) is 10.2 Å². The number of carbonyl (C=O) groups excluding carboxylic acids is 1. The van der Waals surface area contributed by atoms with E-state index < -0.39 is 24.0 Å². The fourth-order valence-electron chi connectivity index (χ4n) is 4.82. The van der Waals surface area contributed by atoms with Crippen molar-refractivity contribution in [1.29, 1.82) is 0 Å². The maximum Gasteiger partial charge on any atom is 0.312 e. The summed E-state index contributed by atoms with van der Waals surface area (Å²) in [6, 6.07) is 0. The predicted octanol–water partition coefficient (Wildman–Crippen LogP) is 2.74. The van der Waals surface area contributed by atoms with Gasteiger partial charge in [-0.1, -0.05) is 32.1 Å². The first-order valence-corrected chi connectivity index (χ1v) is 11.5. The van der Waals surface area contributed by atoms with Crippen molar-refractivity contribution < 1.29 is 23.8 Å². The summed E-state index contributed by atoms with van der Waals surface area (Å²) in [6.07, 6.45) is 11.5. The summed E-state index contributed by atoms with van der Waals surface area (Å²) in [4.78, 5) is 24.0. The molecule has 9 nitrogen and oxygen atoms in total. The predicted molar refractivity (Wildman–Crippen MR) is 118 cm³/mol. The second-order valence-corrected chi connectivity index (χ2v) is 9.03. The lowest BCUT2D eigenvalue weighted by Gasteiger charge is -2.30. The highest BCUT2D eigenvalue weighted by molar-refractivity contribution is 5.81. The Bertz CT molecular complexity index is 1050. The van der Waals surface area contributed by atoms with Crippen molar-refractivity contribution in [1.82, 2.24) is 19.5 Å². The molecule has 1 saturated carbocycles. The number of aromatic nitrogens is 4. The molecule has 0 aromatic carbocycles. The number of nitrogens with two attached hydrogens (primary N) is 1. The average Bonchev–Trinajstić information content (AvgIpc) is 3.37. The monoisotopic (exact) mass is 459 g/mol. The quantitative estimate of drug-likeness (QED) is 0.368. The molecule has 2 aromatic heterocycles. The zero-order chi connectivity index (χ0) is 23.6. The third-order valence-electron chi connectivity index (χ3n) is 6.86. The summed E-state index contributed by atoms with van der Waals surface area (Å²) in [7, 11) is 0. The summed E-state index contributed by atoms with van der Waals surface area (Å²) in [5.74, 6) is 2.57. The molecule has 3 N–H and O–H groups in total. The number of ether oxygens (including phenoxy) is 2. The largest absolute Gasteiger partial charge is 0.461 e. The van der Waals surface area contributed by atoms with Crippen molar-refractivity contribution in [3.63, 3.8) is 0 Å². The second kappa shape index (κ2) is 9.61. The highest BCUT2D eigenvalue weighted by Crippen LogP contribution is 2.39. The van der Waals surface area contributed by atoms with Crippen LogP contribution in [0.2, 0.25) is 0 Å². The molecule has 178 valence electrons. The third kappa shape index (κ3) is 4.66. The van der Waals surface area contributed by atoms with E-state index in [2.05, 4.69) is 27.8 Å². The Morgan fingerprint density at radius 3 is 2.88 bits per heavy atom. The lowest BCUT2D eigenvalue weighted by Crippen LogP contribution is -2.44. The van der Waals surface area contributed by atoms with Gasteiger partial charge in [0.15, 0.2) is 22.6 Å². The normalized spacial score (nSPS) is 29.8. The van der Waals surface area contributed by atoms with Crippen LogP contribution < -0.4 is 5.73 Å². The van der Waals surface area contributed by atoms with Gasteiger partial charge in [0.2, 0.25) is 0 Å². The molecule has 4 rings (SSSR count). The number of unbranched alkanes of at least 4 members (excludes halogenated alkanes) is 1. The highest BCUT2D eigenvalue weighted by atomic mass is 19.1. The summed E-state index contributed by atoms with van der Waals surface area (Å²) >= 11 is 0. The number of nitrogens with zero attached hydrogens (tertiary/aromatic N) is 4. The smallest absolute Gasteiger partial charge is 0.312 e. The SMILES string of the molecule is C#C[C@]1(COC(=O)C2CCC(CCCC)CC2)O[C@@H](n2cnc3c(N)nc(F)nc32)C[C@@H]1O. The number of halogens is 1. The number of terminal acetylenes is 1. The Balaban J connectivity index is 1.40. The summed E-state index contributed by atoms with van der Waals surface area (Å²) in [6.45, 7) is 1.92. The molecule has 0 spiro atoms.